The second-order valence-corrected chi connectivity index (χ2v) is 11.0. The molecule has 2 aliphatic heterocycles. The number of halogens is 1. The highest BCUT2D eigenvalue weighted by Crippen LogP contribution is 2.29. The summed E-state index contributed by atoms with van der Waals surface area (Å²) in [6, 6.07) is 1.89. The highest BCUT2D eigenvalue weighted by Gasteiger charge is 2.33. The van der Waals surface area contributed by atoms with Gasteiger partial charge in [0.15, 0.2) is 5.16 Å². The number of amides is 2. The molecule has 1 N–H and O–H groups in total. The Hall–Kier alpha value is -1.58. The van der Waals surface area contributed by atoms with Crippen LogP contribution in [0.3, 0.4) is 0 Å². The normalized spacial score (nSPS) is 22.2. The Morgan fingerprint density at radius 1 is 1.09 bits per heavy atom. The zero-order chi connectivity index (χ0) is 23.9. The monoisotopic (exact) mass is 508 g/mol. The van der Waals surface area contributed by atoms with Crippen LogP contribution in [0.4, 0.5) is 5.82 Å². The Balaban J connectivity index is 1.25. The zero-order valence-electron chi connectivity index (χ0n) is 20.2. The third-order valence-corrected chi connectivity index (χ3v) is 8.17. The summed E-state index contributed by atoms with van der Waals surface area (Å²) in [6.07, 6.45) is 8.21. The summed E-state index contributed by atoms with van der Waals surface area (Å²) in [7, 11) is 0. The molecule has 3 fully saturated rings. The Morgan fingerprint density at radius 2 is 1.85 bits per heavy atom. The number of anilines is 1. The number of likely N-dealkylation sites (tertiary alicyclic amines) is 1. The number of nitrogens with zero attached hydrogens (tertiary/aromatic N) is 5. The van der Waals surface area contributed by atoms with Gasteiger partial charge < -0.3 is 20.0 Å². The predicted molar refractivity (Wildman–Crippen MR) is 136 cm³/mol. The highest BCUT2D eigenvalue weighted by atomic mass is 35.5. The van der Waals surface area contributed by atoms with Gasteiger partial charge in [-0.25, -0.2) is 9.97 Å². The summed E-state index contributed by atoms with van der Waals surface area (Å²) < 4.78 is 0. The molecule has 188 valence electrons. The largest absolute Gasteiger partial charge is 0.354 e. The molecule has 0 radical (unpaired) electrons. The Morgan fingerprint density at radius 3 is 2.59 bits per heavy atom. The van der Waals surface area contributed by atoms with Crippen molar-refractivity contribution in [2.24, 2.45) is 5.92 Å². The van der Waals surface area contributed by atoms with Gasteiger partial charge in [0.25, 0.3) is 0 Å². The van der Waals surface area contributed by atoms with Crippen LogP contribution in [0, 0.1) is 5.92 Å². The van der Waals surface area contributed by atoms with Gasteiger partial charge in [0.2, 0.25) is 11.8 Å². The minimum absolute atomic E-state index is 0.0141. The third kappa shape index (κ3) is 6.98. The molecule has 34 heavy (non-hydrogen) atoms. The van der Waals surface area contributed by atoms with E-state index in [-0.39, 0.29) is 23.6 Å². The maximum atomic E-state index is 12.9. The van der Waals surface area contributed by atoms with Gasteiger partial charge in [-0.05, 0) is 45.7 Å². The fourth-order valence-corrected chi connectivity index (χ4v) is 6.14. The number of hydrogen-bond donors (Lipinski definition) is 1. The van der Waals surface area contributed by atoms with Crippen LogP contribution in [0.15, 0.2) is 11.2 Å². The van der Waals surface area contributed by atoms with E-state index in [1.165, 1.54) is 43.9 Å². The average molecular weight is 509 g/mol. The first-order valence-electron chi connectivity index (χ1n) is 12.7. The summed E-state index contributed by atoms with van der Waals surface area (Å²) in [5.41, 5.74) is 0. The van der Waals surface area contributed by atoms with Crippen LogP contribution in [-0.4, -0.2) is 89.2 Å². The maximum absolute atomic E-state index is 12.9. The van der Waals surface area contributed by atoms with Crippen LogP contribution in [0.1, 0.15) is 51.9 Å². The maximum Gasteiger partial charge on any atom is 0.230 e. The number of piperazine rings is 1. The lowest BCUT2D eigenvalue weighted by Gasteiger charge is -2.41. The van der Waals surface area contributed by atoms with Gasteiger partial charge in [0, 0.05) is 50.7 Å². The number of aromatic nitrogens is 2. The van der Waals surface area contributed by atoms with Gasteiger partial charge >= 0.3 is 0 Å². The number of carbonyl (C=O) groups excluding carboxylic acids is 2. The molecule has 8 nitrogen and oxygen atoms in total. The van der Waals surface area contributed by atoms with Gasteiger partial charge in [-0.15, -0.1) is 0 Å². The molecule has 3 heterocycles. The van der Waals surface area contributed by atoms with Gasteiger partial charge in [0.05, 0.1) is 5.75 Å². The van der Waals surface area contributed by atoms with Crippen molar-refractivity contribution in [2.45, 2.75) is 63.1 Å². The number of thioether (sulfide) groups is 1. The van der Waals surface area contributed by atoms with Crippen molar-refractivity contribution in [1.82, 2.24) is 25.1 Å². The van der Waals surface area contributed by atoms with E-state index < -0.39 is 0 Å². The van der Waals surface area contributed by atoms with Crippen molar-refractivity contribution in [1.29, 1.82) is 0 Å². The van der Waals surface area contributed by atoms with E-state index in [0.717, 1.165) is 44.8 Å². The molecule has 2 amide bonds. The number of nitrogens with one attached hydrogen (secondary N) is 1. The number of carbonyl (C=O) groups is 2. The summed E-state index contributed by atoms with van der Waals surface area (Å²) in [4.78, 5) is 40.8. The molecule has 0 spiro atoms. The second kappa shape index (κ2) is 12.4. The lowest BCUT2D eigenvalue weighted by molar-refractivity contribution is -0.137. The van der Waals surface area contributed by atoms with Crippen molar-refractivity contribution in [3.8, 4) is 0 Å². The van der Waals surface area contributed by atoms with E-state index in [0.29, 0.717) is 35.9 Å². The molecule has 0 bridgehead atoms. The molecule has 3 aliphatic rings. The topological polar surface area (TPSA) is 81.7 Å². The van der Waals surface area contributed by atoms with Crippen LogP contribution in [0.25, 0.3) is 0 Å². The molecule has 1 aliphatic carbocycles. The van der Waals surface area contributed by atoms with Crippen molar-refractivity contribution < 1.29 is 9.59 Å². The standard InChI is InChI=1S/C24H37ClN6O2S/c1-18-16-30(13-14-31(18)23(33)19-7-3-4-8-19)21-15-20(25)27-24(28-21)34-17-22(32)26-9-12-29-10-5-2-6-11-29/h15,18-19H,2-14,16-17H2,1H3,(H,26,32). The van der Waals surface area contributed by atoms with Crippen LogP contribution < -0.4 is 10.2 Å². The minimum Gasteiger partial charge on any atom is -0.354 e. The van der Waals surface area contributed by atoms with E-state index in [9.17, 15) is 9.59 Å². The van der Waals surface area contributed by atoms with Crippen molar-refractivity contribution in [2.75, 3.05) is 56.5 Å². The lowest BCUT2D eigenvalue weighted by Crippen LogP contribution is -2.55. The van der Waals surface area contributed by atoms with Crippen LogP contribution in [-0.2, 0) is 9.59 Å². The van der Waals surface area contributed by atoms with E-state index >= 15 is 0 Å². The quantitative estimate of drug-likeness (QED) is 0.328. The van der Waals surface area contributed by atoms with E-state index in [1.54, 1.807) is 6.07 Å². The fourth-order valence-electron chi connectivity index (χ4n) is 5.23. The average Bonchev–Trinajstić information content (AvgIpc) is 3.38. The van der Waals surface area contributed by atoms with Gasteiger partial charge in [-0.1, -0.05) is 42.6 Å². The van der Waals surface area contributed by atoms with Crippen LogP contribution in [0.2, 0.25) is 5.15 Å². The summed E-state index contributed by atoms with van der Waals surface area (Å²) in [6.45, 7) is 8.07. The summed E-state index contributed by atoms with van der Waals surface area (Å²) in [5.74, 6) is 1.52. The first-order chi connectivity index (χ1) is 16.5. The SMILES string of the molecule is CC1CN(c2cc(Cl)nc(SCC(=O)NCCN3CCCCC3)n2)CCN1C(=O)C1CCCC1. The molecule has 4 rings (SSSR count). The first-order valence-corrected chi connectivity index (χ1v) is 14.1. The molecule has 1 aromatic rings. The molecular weight excluding hydrogens is 472 g/mol. The van der Waals surface area contributed by atoms with Gasteiger partial charge in [-0.3, -0.25) is 9.59 Å². The minimum atomic E-state index is -0.0141. The lowest BCUT2D eigenvalue weighted by atomic mass is 10.0. The zero-order valence-corrected chi connectivity index (χ0v) is 21.7. The Bertz CT molecular complexity index is 847. The molecular formula is C24H37ClN6O2S. The van der Waals surface area contributed by atoms with Crippen LogP contribution in [0.5, 0.6) is 0 Å². The summed E-state index contributed by atoms with van der Waals surface area (Å²) >= 11 is 7.60. The van der Waals surface area contributed by atoms with Gasteiger partial charge in [0.1, 0.15) is 11.0 Å². The van der Waals surface area contributed by atoms with Crippen LogP contribution >= 0.6 is 23.4 Å². The van der Waals surface area contributed by atoms with Crippen molar-refractivity contribution in [3.63, 3.8) is 0 Å². The molecule has 1 aromatic heterocycles. The molecule has 1 atom stereocenters. The van der Waals surface area contributed by atoms with E-state index in [4.69, 9.17) is 11.6 Å². The molecule has 0 aromatic carbocycles. The second-order valence-electron chi connectivity index (χ2n) is 9.68. The summed E-state index contributed by atoms with van der Waals surface area (Å²) in [5, 5.41) is 3.88. The Kier molecular flexibility index (Phi) is 9.31. The fraction of sp³-hybridized carbons (Fsp3) is 0.750. The predicted octanol–water partition coefficient (Wildman–Crippen LogP) is 3.05. The van der Waals surface area contributed by atoms with E-state index in [1.807, 2.05) is 4.90 Å². The highest BCUT2D eigenvalue weighted by molar-refractivity contribution is 7.99. The number of piperidine rings is 1. The first kappa shape index (κ1) is 25.5. The molecule has 10 heteroatoms. The molecule has 1 saturated carbocycles. The smallest absolute Gasteiger partial charge is 0.230 e. The van der Waals surface area contributed by atoms with E-state index in [2.05, 4.69) is 32.0 Å². The third-order valence-electron chi connectivity index (χ3n) is 7.13. The molecule has 1 unspecified atom stereocenters. The number of hydrogen-bond acceptors (Lipinski definition) is 7. The Labute approximate surface area is 212 Å². The van der Waals surface area contributed by atoms with Gasteiger partial charge in [-0.2, -0.15) is 0 Å². The van der Waals surface area contributed by atoms with Crippen molar-refractivity contribution >= 4 is 41.0 Å². The molecule has 2 saturated heterocycles. The number of rotatable bonds is 8. The van der Waals surface area contributed by atoms with Crippen molar-refractivity contribution in [3.05, 3.63) is 11.2 Å².